The molecule has 8 heteroatoms. The number of unbranched alkanes of at least 4 members (excludes halogenated alkanes) is 2. The van der Waals surface area contributed by atoms with Crippen LogP contribution in [0.4, 0.5) is 18.9 Å². The largest absolute Gasteiger partial charge is 0.462 e. The summed E-state index contributed by atoms with van der Waals surface area (Å²) in [5.74, 6) is -0.880. The Morgan fingerprint density at radius 1 is 1.00 bits per heavy atom. The lowest BCUT2D eigenvalue weighted by atomic mass is 10.1. The Kier molecular flexibility index (Phi) is 7.81. The van der Waals surface area contributed by atoms with Gasteiger partial charge in [-0.2, -0.15) is 13.2 Å². The van der Waals surface area contributed by atoms with E-state index in [9.17, 15) is 22.8 Å². The number of hydrogen-bond donors (Lipinski definition) is 1. The molecule has 34 heavy (non-hydrogen) atoms. The molecular formula is C26H27F3N2O3. The molecule has 1 N–H and O–H groups in total. The third kappa shape index (κ3) is 5.68. The number of benzene rings is 2. The molecule has 0 aliphatic rings. The van der Waals surface area contributed by atoms with Crippen LogP contribution in [-0.2, 0) is 10.9 Å². The number of rotatable bonds is 8. The number of alkyl halides is 3. The second-order valence-electron chi connectivity index (χ2n) is 8.03. The van der Waals surface area contributed by atoms with E-state index in [-0.39, 0.29) is 11.3 Å². The summed E-state index contributed by atoms with van der Waals surface area (Å²) in [7, 11) is 0. The highest BCUT2D eigenvalue weighted by molar-refractivity contribution is 6.06. The second kappa shape index (κ2) is 10.6. The van der Waals surface area contributed by atoms with Gasteiger partial charge in [0.05, 0.1) is 29.0 Å². The Labute approximate surface area is 196 Å². The van der Waals surface area contributed by atoms with Crippen molar-refractivity contribution < 1.29 is 27.5 Å². The zero-order chi connectivity index (χ0) is 24.9. The fourth-order valence-electron chi connectivity index (χ4n) is 3.76. The third-order valence-corrected chi connectivity index (χ3v) is 5.50. The maximum atomic E-state index is 13.5. The van der Waals surface area contributed by atoms with Crippen molar-refractivity contribution in [3.05, 3.63) is 82.7 Å². The van der Waals surface area contributed by atoms with Gasteiger partial charge in [0, 0.05) is 17.6 Å². The summed E-state index contributed by atoms with van der Waals surface area (Å²) in [5, 5.41) is 2.75. The summed E-state index contributed by atoms with van der Waals surface area (Å²) in [6, 6.07) is 11.5. The van der Waals surface area contributed by atoms with Crippen molar-refractivity contribution in [3.8, 4) is 5.69 Å². The van der Waals surface area contributed by atoms with Crippen LogP contribution in [-0.4, -0.2) is 23.1 Å². The number of hydrogen-bond acceptors (Lipinski definition) is 3. The maximum Gasteiger partial charge on any atom is 0.418 e. The van der Waals surface area contributed by atoms with Gasteiger partial charge in [0.15, 0.2) is 0 Å². The zero-order valence-electron chi connectivity index (χ0n) is 19.3. The first-order chi connectivity index (χ1) is 16.1. The highest BCUT2D eigenvalue weighted by Crippen LogP contribution is 2.35. The number of carbonyl (C=O) groups excluding carboxylic acids is 2. The molecular weight excluding hydrogens is 445 g/mol. The van der Waals surface area contributed by atoms with Gasteiger partial charge >= 0.3 is 12.1 Å². The normalized spacial score (nSPS) is 11.4. The molecule has 0 fully saturated rings. The van der Waals surface area contributed by atoms with Gasteiger partial charge in [0.1, 0.15) is 0 Å². The molecule has 0 atom stereocenters. The van der Waals surface area contributed by atoms with Crippen LogP contribution in [0.1, 0.15) is 63.7 Å². The number of aromatic nitrogens is 1. The fraction of sp³-hybridized carbons (Fsp3) is 0.308. The van der Waals surface area contributed by atoms with Gasteiger partial charge in [-0.1, -0.05) is 31.9 Å². The number of esters is 1. The van der Waals surface area contributed by atoms with Crippen molar-refractivity contribution in [2.24, 2.45) is 0 Å². The summed E-state index contributed by atoms with van der Waals surface area (Å²) >= 11 is 0. The number of carbonyl (C=O) groups is 2. The lowest BCUT2D eigenvalue weighted by Crippen LogP contribution is -2.15. The molecule has 0 saturated heterocycles. The first-order valence-electron chi connectivity index (χ1n) is 11.1. The number of halogens is 3. The molecule has 0 spiro atoms. The maximum absolute atomic E-state index is 13.5. The van der Waals surface area contributed by atoms with E-state index in [1.807, 2.05) is 0 Å². The summed E-state index contributed by atoms with van der Waals surface area (Å²) in [5.41, 5.74) is 1.22. The SMILES string of the molecule is CCCCCOC(=O)c1ccc(NC(=O)c2c(C)cn(-c3ccccc3C(F)(F)F)c2C)cc1. The Hall–Kier alpha value is -3.55. The Balaban J connectivity index is 1.77. The van der Waals surface area contributed by atoms with E-state index in [4.69, 9.17) is 4.74 Å². The summed E-state index contributed by atoms with van der Waals surface area (Å²) in [4.78, 5) is 25.1. The van der Waals surface area contributed by atoms with Crippen LogP contribution in [0.25, 0.3) is 5.69 Å². The van der Waals surface area contributed by atoms with Crippen molar-refractivity contribution in [3.63, 3.8) is 0 Å². The predicted octanol–water partition coefficient (Wildman–Crippen LogP) is 6.71. The molecule has 0 aliphatic carbocycles. The molecule has 2 aromatic carbocycles. The molecule has 0 aliphatic heterocycles. The topological polar surface area (TPSA) is 60.3 Å². The van der Waals surface area contributed by atoms with Crippen molar-refractivity contribution in [1.82, 2.24) is 4.57 Å². The van der Waals surface area contributed by atoms with Gasteiger partial charge in [-0.3, -0.25) is 4.79 Å². The first-order valence-corrected chi connectivity index (χ1v) is 11.1. The first kappa shape index (κ1) is 25.1. The average Bonchev–Trinajstić information content (AvgIpc) is 3.10. The van der Waals surface area contributed by atoms with Crippen LogP contribution in [0.3, 0.4) is 0 Å². The second-order valence-corrected chi connectivity index (χ2v) is 8.03. The minimum absolute atomic E-state index is 0.0450. The third-order valence-electron chi connectivity index (χ3n) is 5.50. The lowest BCUT2D eigenvalue weighted by molar-refractivity contribution is -0.137. The molecule has 5 nitrogen and oxygen atoms in total. The number of amides is 1. The van der Waals surface area contributed by atoms with Crippen molar-refractivity contribution in [1.29, 1.82) is 0 Å². The molecule has 1 heterocycles. The van der Waals surface area contributed by atoms with Crippen LogP contribution < -0.4 is 5.32 Å². The average molecular weight is 473 g/mol. The highest BCUT2D eigenvalue weighted by atomic mass is 19.4. The quantitative estimate of drug-likeness (QED) is 0.293. The number of aryl methyl sites for hydroxylation is 1. The van der Waals surface area contributed by atoms with Crippen molar-refractivity contribution in [2.45, 2.75) is 46.2 Å². The number of para-hydroxylation sites is 1. The number of nitrogens with zero attached hydrogens (tertiary/aromatic N) is 1. The van der Waals surface area contributed by atoms with E-state index in [1.54, 1.807) is 38.1 Å². The van der Waals surface area contributed by atoms with E-state index in [0.717, 1.165) is 25.3 Å². The molecule has 0 radical (unpaired) electrons. The van der Waals surface area contributed by atoms with E-state index in [2.05, 4.69) is 12.2 Å². The van der Waals surface area contributed by atoms with Crippen LogP contribution in [0, 0.1) is 13.8 Å². The van der Waals surface area contributed by atoms with Crippen LogP contribution >= 0.6 is 0 Å². The van der Waals surface area contributed by atoms with Gasteiger partial charge in [0.25, 0.3) is 5.91 Å². The van der Waals surface area contributed by atoms with Crippen LogP contribution in [0.2, 0.25) is 0 Å². The summed E-state index contributed by atoms with van der Waals surface area (Å²) in [6.45, 7) is 5.70. The number of anilines is 1. The van der Waals surface area contributed by atoms with Gasteiger partial charge in [-0.05, 0) is 62.2 Å². The van der Waals surface area contributed by atoms with Crippen molar-refractivity contribution in [2.75, 3.05) is 11.9 Å². The minimum atomic E-state index is -4.53. The van der Waals surface area contributed by atoms with E-state index in [0.29, 0.717) is 29.1 Å². The van der Waals surface area contributed by atoms with Gasteiger partial charge < -0.3 is 14.6 Å². The molecule has 0 saturated carbocycles. The van der Waals surface area contributed by atoms with Gasteiger partial charge in [0.2, 0.25) is 0 Å². The summed E-state index contributed by atoms with van der Waals surface area (Å²) in [6.07, 6.45) is -0.180. The number of ether oxygens (including phenoxy) is 1. The zero-order valence-corrected chi connectivity index (χ0v) is 19.3. The fourth-order valence-corrected chi connectivity index (χ4v) is 3.76. The molecule has 1 aromatic heterocycles. The Bertz CT molecular complexity index is 1170. The number of nitrogens with one attached hydrogen (secondary N) is 1. The monoisotopic (exact) mass is 472 g/mol. The van der Waals surface area contributed by atoms with Crippen LogP contribution in [0.15, 0.2) is 54.7 Å². The minimum Gasteiger partial charge on any atom is -0.462 e. The Morgan fingerprint density at radius 2 is 1.68 bits per heavy atom. The standard InChI is InChI=1S/C26H27F3N2O3/c1-4-5-8-15-34-25(33)19-11-13-20(14-12-19)30-24(32)23-17(2)16-31(18(23)3)22-10-7-6-9-21(22)26(27,28)29/h6-7,9-14,16H,4-5,8,15H2,1-3H3,(H,30,32). The molecule has 3 rings (SSSR count). The van der Waals surface area contributed by atoms with Crippen molar-refractivity contribution >= 4 is 17.6 Å². The van der Waals surface area contributed by atoms with E-state index in [1.165, 1.54) is 29.0 Å². The van der Waals surface area contributed by atoms with E-state index < -0.39 is 23.6 Å². The lowest BCUT2D eigenvalue weighted by Gasteiger charge is -2.15. The Morgan fingerprint density at radius 3 is 2.32 bits per heavy atom. The molecule has 0 unspecified atom stereocenters. The van der Waals surface area contributed by atoms with Gasteiger partial charge in [-0.15, -0.1) is 0 Å². The van der Waals surface area contributed by atoms with Crippen LogP contribution in [0.5, 0.6) is 0 Å². The van der Waals surface area contributed by atoms with Gasteiger partial charge in [-0.25, -0.2) is 4.79 Å². The predicted molar refractivity (Wildman–Crippen MR) is 124 cm³/mol. The molecule has 3 aromatic rings. The van der Waals surface area contributed by atoms with E-state index >= 15 is 0 Å². The molecule has 1 amide bonds. The highest BCUT2D eigenvalue weighted by Gasteiger charge is 2.34. The molecule has 180 valence electrons. The smallest absolute Gasteiger partial charge is 0.418 e. The molecule has 0 bridgehead atoms. The summed E-state index contributed by atoms with van der Waals surface area (Å²) < 4.78 is 47.1.